The summed E-state index contributed by atoms with van der Waals surface area (Å²) in [6.45, 7) is 4.59. The number of hydrogen-bond donors (Lipinski definition) is 1. The van der Waals surface area contributed by atoms with Crippen molar-refractivity contribution >= 4 is 22.4 Å². The van der Waals surface area contributed by atoms with E-state index in [9.17, 15) is 8.42 Å². The first-order valence-electron chi connectivity index (χ1n) is 6.94. The second-order valence-corrected chi connectivity index (χ2v) is 8.02. The first-order valence-corrected chi connectivity index (χ1v) is 8.38. The van der Waals surface area contributed by atoms with E-state index in [1.54, 1.807) is 37.4 Å². The molecule has 0 aliphatic rings. The smallest absolute Gasteiger partial charge is 0.243 e. The highest BCUT2D eigenvalue weighted by molar-refractivity contribution is 7.89. The van der Waals surface area contributed by atoms with Crippen LogP contribution in [0.3, 0.4) is 0 Å². The van der Waals surface area contributed by atoms with Gasteiger partial charge in [-0.1, -0.05) is 31.1 Å². The second-order valence-electron chi connectivity index (χ2n) is 6.00. The maximum Gasteiger partial charge on any atom is 0.243 e. The number of nitrogens with zero attached hydrogens (tertiary/aromatic N) is 2. The fraction of sp³-hybridized carbons (Fsp3) is 0.400. The molecule has 2 rings (SSSR count). The van der Waals surface area contributed by atoms with Crippen molar-refractivity contribution < 1.29 is 12.9 Å². The Morgan fingerprint density at radius 3 is 2.48 bits per heavy atom. The number of nitrogens with two attached hydrogens (primary N) is 1. The zero-order chi connectivity index (χ0) is 16.4. The van der Waals surface area contributed by atoms with Crippen molar-refractivity contribution in [2.75, 3.05) is 20.1 Å². The Hall–Kier alpha value is -1.41. The Bertz CT molecular complexity index is 730. The lowest BCUT2D eigenvalue weighted by molar-refractivity contribution is 0.292. The zero-order valence-electron chi connectivity index (χ0n) is 13.4. The van der Waals surface area contributed by atoms with Crippen LogP contribution in [0, 0.1) is 5.41 Å². The lowest BCUT2D eigenvalue weighted by Gasteiger charge is -2.28. The van der Waals surface area contributed by atoms with Crippen LogP contribution in [0.1, 0.15) is 13.8 Å². The summed E-state index contributed by atoms with van der Waals surface area (Å²) >= 11 is 0. The van der Waals surface area contributed by atoms with Crippen molar-refractivity contribution in [1.29, 1.82) is 0 Å². The van der Waals surface area contributed by atoms with E-state index < -0.39 is 10.0 Å². The average Bonchev–Trinajstić information content (AvgIpc) is 3.01. The van der Waals surface area contributed by atoms with Crippen LogP contribution in [0.4, 0.5) is 0 Å². The molecule has 0 bridgehead atoms. The molecular formula is C15H22ClN3O3S. The molecule has 8 heteroatoms. The largest absolute Gasteiger partial charge is 0.356 e. The maximum absolute atomic E-state index is 12.9. The number of hydrogen-bond acceptors (Lipinski definition) is 5. The molecular weight excluding hydrogens is 338 g/mol. The summed E-state index contributed by atoms with van der Waals surface area (Å²) in [6.07, 6.45) is 1.49. The van der Waals surface area contributed by atoms with Gasteiger partial charge in [-0.25, -0.2) is 12.7 Å². The minimum absolute atomic E-state index is 0. The number of sulfonamides is 1. The molecule has 0 atom stereocenters. The van der Waals surface area contributed by atoms with E-state index in [0.717, 1.165) is 0 Å². The molecule has 0 aliphatic heterocycles. The Kier molecular flexibility index (Phi) is 6.35. The van der Waals surface area contributed by atoms with Crippen molar-refractivity contribution in [2.45, 2.75) is 18.7 Å². The van der Waals surface area contributed by atoms with E-state index in [1.165, 1.54) is 10.5 Å². The molecule has 128 valence electrons. The van der Waals surface area contributed by atoms with Gasteiger partial charge < -0.3 is 10.3 Å². The Morgan fingerprint density at radius 2 is 1.91 bits per heavy atom. The monoisotopic (exact) mass is 359 g/mol. The van der Waals surface area contributed by atoms with Crippen LogP contribution in [-0.4, -0.2) is 38.0 Å². The average molecular weight is 360 g/mol. The molecule has 0 amide bonds. The summed E-state index contributed by atoms with van der Waals surface area (Å²) in [5.74, 6) is 0.422. The molecule has 2 N–H and O–H groups in total. The number of halogens is 1. The summed E-state index contributed by atoms with van der Waals surface area (Å²) in [5.41, 5.74) is 5.89. The molecule has 0 unspecified atom stereocenters. The minimum atomic E-state index is -3.65. The first kappa shape index (κ1) is 19.6. The number of rotatable bonds is 6. The van der Waals surface area contributed by atoms with Crippen LogP contribution >= 0.6 is 12.4 Å². The molecule has 0 spiro atoms. The van der Waals surface area contributed by atoms with Crippen LogP contribution in [0.15, 0.2) is 45.9 Å². The van der Waals surface area contributed by atoms with E-state index in [-0.39, 0.29) is 22.7 Å². The van der Waals surface area contributed by atoms with Crippen molar-refractivity contribution in [3.05, 3.63) is 36.5 Å². The van der Waals surface area contributed by atoms with Gasteiger partial charge >= 0.3 is 0 Å². The summed E-state index contributed by atoms with van der Waals surface area (Å²) < 4.78 is 32.2. The molecule has 1 aromatic carbocycles. The fourth-order valence-electron chi connectivity index (χ4n) is 2.17. The normalized spacial score (nSPS) is 12.2. The van der Waals surface area contributed by atoms with Gasteiger partial charge in [0.15, 0.2) is 5.76 Å². The van der Waals surface area contributed by atoms with Crippen LogP contribution in [-0.2, 0) is 10.0 Å². The van der Waals surface area contributed by atoms with E-state index in [4.69, 9.17) is 10.3 Å². The molecule has 0 saturated carbocycles. The zero-order valence-corrected chi connectivity index (χ0v) is 15.0. The summed E-state index contributed by atoms with van der Waals surface area (Å²) in [6, 6.07) is 8.36. The van der Waals surface area contributed by atoms with E-state index in [2.05, 4.69) is 5.16 Å². The van der Waals surface area contributed by atoms with E-state index in [1.807, 2.05) is 13.8 Å². The van der Waals surface area contributed by atoms with E-state index in [0.29, 0.717) is 24.4 Å². The van der Waals surface area contributed by atoms with Gasteiger partial charge in [0.1, 0.15) is 0 Å². The highest BCUT2D eigenvalue weighted by Crippen LogP contribution is 2.29. The van der Waals surface area contributed by atoms with E-state index >= 15 is 0 Å². The van der Waals surface area contributed by atoms with Gasteiger partial charge in [0.05, 0.1) is 11.1 Å². The van der Waals surface area contributed by atoms with Crippen LogP contribution in [0.25, 0.3) is 11.3 Å². The maximum atomic E-state index is 12.9. The molecule has 0 aliphatic carbocycles. The highest BCUT2D eigenvalue weighted by atomic mass is 35.5. The molecule has 1 aromatic heterocycles. The quantitative estimate of drug-likeness (QED) is 0.855. The minimum Gasteiger partial charge on any atom is -0.356 e. The van der Waals surface area contributed by atoms with Gasteiger partial charge in [-0.15, -0.1) is 12.4 Å². The molecule has 0 saturated heterocycles. The number of benzene rings is 1. The molecule has 23 heavy (non-hydrogen) atoms. The van der Waals surface area contributed by atoms with Crippen LogP contribution in [0.5, 0.6) is 0 Å². The Labute approximate surface area is 143 Å². The Morgan fingerprint density at radius 1 is 1.26 bits per heavy atom. The van der Waals surface area contributed by atoms with Crippen LogP contribution < -0.4 is 5.73 Å². The third-order valence-electron chi connectivity index (χ3n) is 3.48. The third-order valence-corrected chi connectivity index (χ3v) is 5.34. The predicted molar refractivity (Wildman–Crippen MR) is 91.8 cm³/mol. The highest BCUT2D eigenvalue weighted by Gasteiger charge is 2.29. The van der Waals surface area contributed by atoms with Gasteiger partial charge in [0, 0.05) is 25.2 Å². The van der Waals surface area contributed by atoms with Gasteiger partial charge in [-0.2, -0.15) is 0 Å². The van der Waals surface area contributed by atoms with Crippen molar-refractivity contribution in [1.82, 2.24) is 9.46 Å². The summed E-state index contributed by atoms with van der Waals surface area (Å²) in [5, 5.41) is 3.64. The first-order chi connectivity index (χ1) is 10.3. The SMILES string of the molecule is CN(CC(C)(C)CN)S(=O)(=O)c1ccccc1-c1ccno1.Cl. The van der Waals surface area contributed by atoms with Crippen molar-refractivity contribution in [3.8, 4) is 11.3 Å². The van der Waals surface area contributed by atoms with Gasteiger partial charge in [0.2, 0.25) is 10.0 Å². The predicted octanol–water partition coefficient (Wildman–Crippen LogP) is 2.37. The molecule has 0 fully saturated rings. The van der Waals surface area contributed by atoms with Gasteiger partial charge in [0.25, 0.3) is 0 Å². The van der Waals surface area contributed by atoms with Crippen molar-refractivity contribution in [2.24, 2.45) is 11.1 Å². The molecule has 0 radical (unpaired) electrons. The standard InChI is InChI=1S/C15H21N3O3S.ClH/c1-15(2,10-16)11-18(3)22(19,20)14-7-5-4-6-12(14)13-8-9-17-21-13;/h4-9H,10-11,16H2,1-3H3;1H. The van der Waals surface area contributed by atoms with Gasteiger partial charge in [-0.05, 0) is 24.1 Å². The Balaban J connectivity index is 0.00000264. The molecule has 6 nitrogen and oxygen atoms in total. The van der Waals surface area contributed by atoms with Gasteiger partial charge in [-0.3, -0.25) is 0 Å². The third kappa shape index (κ3) is 4.32. The topological polar surface area (TPSA) is 89.4 Å². The van der Waals surface area contributed by atoms with Crippen molar-refractivity contribution in [3.63, 3.8) is 0 Å². The lowest BCUT2D eigenvalue weighted by Crippen LogP contribution is -2.39. The summed E-state index contributed by atoms with van der Waals surface area (Å²) in [7, 11) is -2.09. The number of aromatic nitrogens is 1. The van der Waals surface area contributed by atoms with Crippen LogP contribution in [0.2, 0.25) is 0 Å². The summed E-state index contributed by atoms with van der Waals surface area (Å²) in [4.78, 5) is 0.196. The lowest BCUT2D eigenvalue weighted by atomic mass is 9.94. The fourth-order valence-corrected chi connectivity index (χ4v) is 3.72. The second kappa shape index (κ2) is 7.44. The molecule has 1 heterocycles. The molecule has 2 aromatic rings.